The van der Waals surface area contributed by atoms with Crippen molar-refractivity contribution in [2.75, 3.05) is 44.2 Å². The van der Waals surface area contributed by atoms with E-state index in [1.165, 1.54) is 12.5 Å². The van der Waals surface area contributed by atoms with Gasteiger partial charge < -0.3 is 15.5 Å². The van der Waals surface area contributed by atoms with Gasteiger partial charge in [-0.2, -0.15) is 0 Å². The maximum absolute atomic E-state index is 13.2. The van der Waals surface area contributed by atoms with Gasteiger partial charge in [-0.3, -0.25) is 0 Å². The largest absolute Gasteiger partial charge is 0.371 e. The summed E-state index contributed by atoms with van der Waals surface area (Å²) in [5, 5.41) is 0. The van der Waals surface area contributed by atoms with Crippen LogP contribution in [0.4, 0.5) is 10.1 Å². The molecule has 0 radical (unpaired) electrons. The van der Waals surface area contributed by atoms with Gasteiger partial charge in [0.1, 0.15) is 5.82 Å². The number of anilines is 1. The molecule has 1 spiro atoms. The molecule has 2 fully saturated rings. The first-order valence-corrected chi connectivity index (χ1v) is 6.64. The molecule has 0 aliphatic carbocycles. The van der Waals surface area contributed by atoms with Crippen molar-refractivity contribution in [3.05, 3.63) is 30.1 Å². The third kappa shape index (κ3) is 2.10. The van der Waals surface area contributed by atoms with Crippen molar-refractivity contribution in [2.24, 2.45) is 11.1 Å². The Labute approximate surface area is 107 Å². The lowest BCUT2D eigenvalue weighted by Crippen LogP contribution is -2.58. The Kier molecular flexibility index (Phi) is 2.99. The third-order valence-corrected chi connectivity index (χ3v) is 4.18. The van der Waals surface area contributed by atoms with E-state index in [1.54, 1.807) is 12.1 Å². The minimum atomic E-state index is -0.146. The summed E-state index contributed by atoms with van der Waals surface area (Å²) < 4.78 is 13.2. The first kappa shape index (κ1) is 11.9. The van der Waals surface area contributed by atoms with Crippen LogP contribution < -0.4 is 10.6 Å². The lowest BCUT2D eigenvalue weighted by Gasteiger charge is -2.48. The van der Waals surface area contributed by atoms with Crippen molar-refractivity contribution >= 4 is 5.69 Å². The summed E-state index contributed by atoms with van der Waals surface area (Å²) in [6.45, 7) is 6.13. The number of likely N-dealkylation sites (tertiary alicyclic amines) is 1. The highest BCUT2D eigenvalue weighted by molar-refractivity contribution is 5.48. The van der Waals surface area contributed by atoms with E-state index in [0.29, 0.717) is 5.41 Å². The molecule has 0 unspecified atom stereocenters. The highest BCUT2D eigenvalue weighted by atomic mass is 19.1. The molecular weight excluding hydrogens is 229 g/mol. The smallest absolute Gasteiger partial charge is 0.125 e. The fraction of sp³-hybridized carbons (Fsp3) is 0.571. The van der Waals surface area contributed by atoms with Gasteiger partial charge in [0.15, 0.2) is 0 Å². The second kappa shape index (κ2) is 4.52. The van der Waals surface area contributed by atoms with Crippen molar-refractivity contribution in [2.45, 2.75) is 6.42 Å². The van der Waals surface area contributed by atoms with Gasteiger partial charge in [-0.05, 0) is 24.6 Å². The summed E-state index contributed by atoms with van der Waals surface area (Å²) in [5.41, 5.74) is 7.02. The van der Waals surface area contributed by atoms with Gasteiger partial charge >= 0.3 is 0 Å². The molecule has 2 saturated heterocycles. The Balaban J connectivity index is 1.63. The number of hydrogen-bond acceptors (Lipinski definition) is 3. The molecule has 1 aromatic carbocycles. The summed E-state index contributed by atoms with van der Waals surface area (Å²) in [7, 11) is 0. The molecule has 2 aliphatic heterocycles. The maximum atomic E-state index is 13.2. The molecule has 0 aromatic heterocycles. The van der Waals surface area contributed by atoms with Gasteiger partial charge in [-0.15, -0.1) is 0 Å². The predicted octanol–water partition coefficient (Wildman–Crippen LogP) is 1.30. The molecule has 0 bridgehead atoms. The minimum absolute atomic E-state index is 0.146. The van der Waals surface area contributed by atoms with E-state index >= 15 is 0 Å². The van der Waals surface area contributed by atoms with Crippen LogP contribution in [0.25, 0.3) is 0 Å². The molecule has 0 amide bonds. The number of nitrogens with two attached hydrogens (primary N) is 1. The summed E-state index contributed by atoms with van der Waals surface area (Å²) in [6, 6.07) is 6.92. The van der Waals surface area contributed by atoms with E-state index in [1.807, 2.05) is 6.07 Å². The number of halogens is 1. The normalized spacial score (nSPS) is 22.4. The van der Waals surface area contributed by atoms with Gasteiger partial charge in [-0.1, -0.05) is 6.07 Å². The van der Waals surface area contributed by atoms with Gasteiger partial charge in [0.2, 0.25) is 0 Å². The van der Waals surface area contributed by atoms with Crippen LogP contribution in [0.15, 0.2) is 24.3 Å². The molecule has 2 N–H and O–H groups in total. The number of hydrogen-bond donors (Lipinski definition) is 1. The van der Waals surface area contributed by atoms with Crippen LogP contribution in [0.3, 0.4) is 0 Å². The second-order valence-corrected chi connectivity index (χ2v) is 5.65. The van der Waals surface area contributed by atoms with E-state index < -0.39 is 0 Å². The molecule has 98 valence electrons. The zero-order valence-electron chi connectivity index (χ0n) is 10.6. The predicted molar refractivity (Wildman–Crippen MR) is 71.2 cm³/mol. The fourth-order valence-corrected chi connectivity index (χ4v) is 3.33. The molecule has 18 heavy (non-hydrogen) atoms. The van der Waals surface area contributed by atoms with Crippen molar-refractivity contribution in [3.8, 4) is 0 Å². The van der Waals surface area contributed by atoms with Gasteiger partial charge in [-0.25, -0.2) is 4.39 Å². The minimum Gasteiger partial charge on any atom is -0.371 e. The van der Waals surface area contributed by atoms with Crippen LogP contribution in [0.2, 0.25) is 0 Å². The van der Waals surface area contributed by atoms with Gasteiger partial charge in [0, 0.05) is 50.4 Å². The average molecular weight is 249 g/mol. The van der Waals surface area contributed by atoms with Crippen LogP contribution in [-0.4, -0.2) is 44.2 Å². The quantitative estimate of drug-likeness (QED) is 0.876. The summed E-state index contributed by atoms with van der Waals surface area (Å²) >= 11 is 0. The number of rotatable bonds is 3. The van der Waals surface area contributed by atoms with Crippen molar-refractivity contribution in [3.63, 3.8) is 0 Å². The topological polar surface area (TPSA) is 32.5 Å². The van der Waals surface area contributed by atoms with Crippen molar-refractivity contribution in [1.82, 2.24) is 4.90 Å². The Morgan fingerprint density at radius 3 is 2.83 bits per heavy atom. The SMILES string of the molecule is NCCN1CC2(CCN(c3cccc(F)c3)C2)C1. The van der Waals surface area contributed by atoms with Gasteiger partial charge in [0.05, 0.1) is 0 Å². The fourth-order valence-electron chi connectivity index (χ4n) is 3.33. The summed E-state index contributed by atoms with van der Waals surface area (Å²) in [6.07, 6.45) is 1.21. The molecule has 2 aliphatic rings. The lowest BCUT2D eigenvalue weighted by molar-refractivity contribution is 0.0213. The number of nitrogens with zero attached hydrogens (tertiary/aromatic N) is 2. The molecule has 0 atom stereocenters. The monoisotopic (exact) mass is 249 g/mol. The van der Waals surface area contributed by atoms with Crippen molar-refractivity contribution < 1.29 is 4.39 Å². The Morgan fingerprint density at radius 2 is 2.11 bits per heavy atom. The van der Waals surface area contributed by atoms with Crippen LogP contribution >= 0.6 is 0 Å². The summed E-state index contributed by atoms with van der Waals surface area (Å²) in [5.74, 6) is -0.146. The van der Waals surface area contributed by atoms with E-state index in [4.69, 9.17) is 5.73 Å². The standard InChI is InChI=1S/C14H20FN3/c15-12-2-1-3-13(8-12)18-6-4-14(11-18)9-17(10-14)7-5-16/h1-3,8H,4-7,9-11,16H2. The van der Waals surface area contributed by atoms with Crippen LogP contribution in [0.1, 0.15) is 6.42 Å². The molecule has 0 saturated carbocycles. The Morgan fingerprint density at radius 1 is 1.28 bits per heavy atom. The maximum Gasteiger partial charge on any atom is 0.125 e. The number of benzene rings is 1. The van der Waals surface area contributed by atoms with E-state index in [-0.39, 0.29) is 5.82 Å². The highest BCUT2D eigenvalue weighted by Gasteiger charge is 2.47. The van der Waals surface area contributed by atoms with E-state index in [2.05, 4.69) is 9.80 Å². The first-order chi connectivity index (χ1) is 8.71. The highest BCUT2D eigenvalue weighted by Crippen LogP contribution is 2.40. The van der Waals surface area contributed by atoms with Gasteiger partial charge in [0.25, 0.3) is 0 Å². The Bertz CT molecular complexity index is 429. The third-order valence-electron chi connectivity index (χ3n) is 4.18. The zero-order valence-corrected chi connectivity index (χ0v) is 10.6. The van der Waals surface area contributed by atoms with E-state index in [0.717, 1.165) is 45.0 Å². The van der Waals surface area contributed by atoms with Crippen LogP contribution in [-0.2, 0) is 0 Å². The first-order valence-electron chi connectivity index (χ1n) is 6.64. The molecule has 2 heterocycles. The van der Waals surface area contributed by atoms with Crippen LogP contribution in [0.5, 0.6) is 0 Å². The van der Waals surface area contributed by atoms with E-state index in [9.17, 15) is 4.39 Å². The average Bonchev–Trinajstić information content (AvgIpc) is 2.74. The molecule has 4 heteroatoms. The second-order valence-electron chi connectivity index (χ2n) is 5.65. The lowest BCUT2D eigenvalue weighted by atomic mass is 9.79. The molecular formula is C14H20FN3. The molecule has 3 rings (SSSR count). The van der Waals surface area contributed by atoms with Crippen LogP contribution in [0, 0.1) is 11.2 Å². The summed E-state index contributed by atoms with van der Waals surface area (Å²) in [4.78, 5) is 4.72. The molecule has 3 nitrogen and oxygen atoms in total. The molecule has 1 aromatic rings. The zero-order chi connectivity index (χ0) is 12.6. The van der Waals surface area contributed by atoms with Crippen molar-refractivity contribution in [1.29, 1.82) is 0 Å². The Hall–Kier alpha value is -1.13.